The number of hydrogen-bond donors (Lipinski definition) is 2. The topological polar surface area (TPSA) is 58.5 Å². The second kappa shape index (κ2) is 12.4. The highest BCUT2D eigenvalue weighted by molar-refractivity contribution is 7.11. The van der Waals surface area contributed by atoms with Gasteiger partial charge in [0.05, 0.1) is 11.6 Å². The predicted molar refractivity (Wildman–Crippen MR) is 110 cm³/mol. The molecule has 0 saturated heterocycles. The average Bonchev–Trinajstić information content (AvgIpc) is 3.08. The molecule has 1 aromatic carbocycles. The van der Waals surface area contributed by atoms with Gasteiger partial charge in [0.15, 0.2) is 5.96 Å². The lowest BCUT2D eigenvalue weighted by molar-refractivity contribution is 0.133. The van der Waals surface area contributed by atoms with E-state index in [1.807, 2.05) is 12.3 Å². The number of benzene rings is 1. The van der Waals surface area contributed by atoms with Crippen molar-refractivity contribution in [3.63, 3.8) is 0 Å². The maximum atomic E-state index is 5.71. The molecule has 0 aliphatic heterocycles. The van der Waals surface area contributed by atoms with Crippen LogP contribution in [0.25, 0.3) is 0 Å². The van der Waals surface area contributed by atoms with Gasteiger partial charge in [0, 0.05) is 44.2 Å². The van der Waals surface area contributed by atoms with E-state index in [9.17, 15) is 0 Å². The van der Waals surface area contributed by atoms with Gasteiger partial charge in [-0.3, -0.25) is 4.99 Å². The molecule has 0 amide bonds. The lowest BCUT2D eigenvalue weighted by atomic mass is 10.2. The van der Waals surface area contributed by atoms with Crippen LogP contribution in [0.15, 0.2) is 41.5 Å². The smallest absolute Gasteiger partial charge is 0.190 e. The number of thiazole rings is 1. The van der Waals surface area contributed by atoms with Crippen molar-refractivity contribution in [2.45, 2.75) is 32.6 Å². The highest BCUT2D eigenvalue weighted by Gasteiger charge is 2.01. The minimum absolute atomic E-state index is 0.789. The molecule has 1 aromatic heterocycles. The Morgan fingerprint density at radius 3 is 2.62 bits per heavy atom. The van der Waals surface area contributed by atoms with E-state index < -0.39 is 0 Å². The number of nitrogens with one attached hydrogen (secondary N) is 2. The van der Waals surface area contributed by atoms with Crippen molar-refractivity contribution in [3.05, 3.63) is 52.0 Å². The monoisotopic (exact) mass is 374 g/mol. The fourth-order valence-corrected chi connectivity index (χ4v) is 3.28. The van der Waals surface area contributed by atoms with Gasteiger partial charge in [-0.15, -0.1) is 11.3 Å². The summed E-state index contributed by atoms with van der Waals surface area (Å²) < 4.78 is 5.71. The van der Waals surface area contributed by atoms with E-state index in [4.69, 9.17) is 4.74 Å². The van der Waals surface area contributed by atoms with Crippen LogP contribution in [-0.4, -0.2) is 44.3 Å². The molecule has 0 fully saturated rings. The fourth-order valence-electron chi connectivity index (χ4n) is 2.50. The minimum Gasteiger partial charge on any atom is -0.381 e. The van der Waals surface area contributed by atoms with Crippen molar-refractivity contribution < 1.29 is 4.74 Å². The van der Waals surface area contributed by atoms with Crippen molar-refractivity contribution in [2.75, 3.05) is 33.4 Å². The zero-order chi connectivity index (χ0) is 18.5. The Morgan fingerprint density at radius 2 is 1.88 bits per heavy atom. The van der Waals surface area contributed by atoms with Crippen LogP contribution in [0.4, 0.5) is 0 Å². The molecule has 6 heteroatoms. The molecule has 0 bridgehead atoms. The molecule has 5 nitrogen and oxygen atoms in total. The van der Waals surface area contributed by atoms with Crippen LogP contribution in [0.2, 0.25) is 0 Å². The van der Waals surface area contributed by atoms with Crippen LogP contribution in [0.1, 0.15) is 28.3 Å². The Morgan fingerprint density at radius 1 is 1.08 bits per heavy atom. The number of rotatable bonds is 11. The molecule has 2 N–H and O–H groups in total. The van der Waals surface area contributed by atoms with Gasteiger partial charge in [0.2, 0.25) is 0 Å². The number of aryl methyl sites for hydroxylation is 1. The first-order valence-electron chi connectivity index (χ1n) is 9.25. The molecule has 0 saturated carbocycles. The van der Waals surface area contributed by atoms with Crippen molar-refractivity contribution in [3.8, 4) is 0 Å². The van der Waals surface area contributed by atoms with Gasteiger partial charge in [-0.2, -0.15) is 0 Å². The van der Waals surface area contributed by atoms with Gasteiger partial charge in [-0.25, -0.2) is 4.98 Å². The summed E-state index contributed by atoms with van der Waals surface area (Å²) in [5.41, 5.74) is 1.33. The van der Waals surface area contributed by atoms with Gasteiger partial charge < -0.3 is 15.4 Å². The third kappa shape index (κ3) is 8.45. The van der Waals surface area contributed by atoms with Crippen LogP contribution in [0, 0.1) is 6.92 Å². The van der Waals surface area contributed by atoms with E-state index in [1.54, 1.807) is 18.4 Å². The van der Waals surface area contributed by atoms with Crippen LogP contribution >= 0.6 is 11.3 Å². The molecule has 0 aliphatic carbocycles. The number of guanidine groups is 1. The molecule has 1 heterocycles. The first-order valence-corrected chi connectivity index (χ1v) is 10.1. The number of ether oxygens (including phenoxy) is 1. The van der Waals surface area contributed by atoms with E-state index in [-0.39, 0.29) is 0 Å². The second-order valence-electron chi connectivity index (χ2n) is 6.10. The zero-order valence-corrected chi connectivity index (χ0v) is 16.6. The molecule has 0 aliphatic rings. The third-order valence-corrected chi connectivity index (χ3v) is 4.88. The molecular formula is C20H30N4OS. The summed E-state index contributed by atoms with van der Waals surface area (Å²) >= 11 is 1.75. The summed E-state index contributed by atoms with van der Waals surface area (Å²) in [5.74, 6) is 0.850. The van der Waals surface area contributed by atoms with Crippen molar-refractivity contribution in [1.29, 1.82) is 0 Å². The van der Waals surface area contributed by atoms with Crippen molar-refractivity contribution in [2.24, 2.45) is 4.99 Å². The van der Waals surface area contributed by atoms with Crippen LogP contribution in [-0.2, 0) is 17.6 Å². The number of nitrogens with zero attached hydrogens (tertiary/aromatic N) is 2. The quantitative estimate of drug-likeness (QED) is 0.360. The van der Waals surface area contributed by atoms with E-state index in [0.717, 1.165) is 63.0 Å². The van der Waals surface area contributed by atoms with E-state index in [1.165, 1.54) is 10.4 Å². The van der Waals surface area contributed by atoms with Crippen molar-refractivity contribution >= 4 is 17.3 Å². The Labute approximate surface area is 160 Å². The molecule has 2 aromatic rings. The van der Waals surface area contributed by atoms with E-state index in [2.05, 4.69) is 51.8 Å². The number of unbranched alkanes of at least 4 members (excludes halogenated alkanes) is 1. The Kier molecular flexibility index (Phi) is 9.75. The van der Waals surface area contributed by atoms with Gasteiger partial charge in [-0.1, -0.05) is 30.3 Å². The molecule has 0 atom stereocenters. The summed E-state index contributed by atoms with van der Waals surface area (Å²) in [4.78, 5) is 9.88. The molecule has 0 spiro atoms. The highest BCUT2D eigenvalue weighted by Crippen LogP contribution is 2.10. The zero-order valence-electron chi connectivity index (χ0n) is 15.8. The third-order valence-electron chi connectivity index (χ3n) is 3.91. The average molecular weight is 375 g/mol. The summed E-state index contributed by atoms with van der Waals surface area (Å²) in [5, 5.41) is 7.84. The summed E-state index contributed by atoms with van der Waals surface area (Å²) in [7, 11) is 1.80. The second-order valence-corrected chi connectivity index (χ2v) is 7.41. The molecule has 2 rings (SSSR count). The number of aromatic nitrogens is 1. The van der Waals surface area contributed by atoms with Crippen molar-refractivity contribution in [1.82, 2.24) is 15.6 Å². The highest BCUT2D eigenvalue weighted by atomic mass is 32.1. The summed E-state index contributed by atoms with van der Waals surface area (Å²) in [6.45, 7) is 5.43. The Bertz CT molecular complexity index is 642. The normalized spacial score (nSPS) is 11.5. The molecule has 142 valence electrons. The number of aliphatic imine (C=N–C) groups is 1. The standard InChI is InChI=1S/C20H30N4OS/c1-17-16-24-19(26-17)10-13-23-20(21-2)22-12-6-7-14-25-15-11-18-8-4-3-5-9-18/h3-5,8-9,16H,6-7,10-15H2,1-2H3,(H2,21,22,23). The van der Waals surface area contributed by atoms with Gasteiger partial charge in [0.25, 0.3) is 0 Å². The lowest BCUT2D eigenvalue weighted by Gasteiger charge is -2.11. The summed E-state index contributed by atoms with van der Waals surface area (Å²) in [6, 6.07) is 10.5. The van der Waals surface area contributed by atoms with Gasteiger partial charge >= 0.3 is 0 Å². The van der Waals surface area contributed by atoms with Crippen LogP contribution < -0.4 is 10.6 Å². The largest absolute Gasteiger partial charge is 0.381 e. The molecule has 0 unspecified atom stereocenters. The Balaban J connectivity index is 1.45. The molecule has 0 radical (unpaired) electrons. The lowest BCUT2D eigenvalue weighted by Crippen LogP contribution is -2.38. The Hall–Kier alpha value is -1.92. The van der Waals surface area contributed by atoms with E-state index in [0.29, 0.717) is 0 Å². The molecular weight excluding hydrogens is 344 g/mol. The maximum absolute atomic E-state index is 5.71. The van der Waals surface area contributed by atoms with Crippen LogP contribution in [0.3, 0.4) is 0 Å². The minimum atomic E-state index is 0.789. The van der Waals surface area contributed by atoms with Gasteiger partial charge in [-0.05, 0) is 31.7 Å². The SMILES string of the molecule is CN=C(NCCCCOCCc1ccccc1)NCCc1ncc(C)s1. The fraction of sp³-hybridized carbons (Fsp3) is 0.500. The molecule has 26 heavy (non-hydrogen) atoms. The number of hydrogen-bond acceptors (Lipinski definition) is 4. The van der Waals surface area contributed by atoms with E-state index >= 15 is 0 Å². The maximum Gasteiger partial charge on any atom is 0.190 e. The summed E-state index contributed by atoms with van der Waals surface area (Å²) in [6.07, 6.45) is 5.95. The predicted octanol–water partition coefficient (Wildman–Crippen LogP) is 3.20. The van der Waals surface area contributed by atoms with Crippen LogP contribution in [0.5, 0.6) is 0 Å². The first kappa shape index (κ1) is 20.4. The van der Waals surface area contributed by atoms with Gasteiger partial charge in [0.1, 0.15) is 0 Å². The first-order chi connectivity index (χ1) is 12.8.